The molecule has 1 saturated carbocycles. The molecular formula is C19H23ClN4O. The molecule has 2 N–H and O–H groups in total. The highest BCUT2D eigenvalue weighted by Gasteiger charge is 2.45. The summed E-state index contributed by atoms with van der Waals surface area (Å²) in [6.07, 6.45) is 6.11. The fraction of sp³-hybridized carbons (Fsp3) is 0.474. The average molecular weight is 359 g/mol. The van der Waals surface area contributed by atoms with Gasteiger partial charge in [0.1, 0.15) is 0 Å². The van der Waals surface area contributed by atoms with Crippen molar-refractivity contribution in [3.8, 4) is 0 Å². The number of nitrogens with zero attached hydrogens (tertiary/aromatic N) is 2. The van der Waals surface area contributed by atoms with Crippen LogP contribution >= 0.6 is 11.6 Å². The normalized spacial score (nSPS) is 24.2. The Balaban J connectivity index is 1.41. The zero-order valence-electron chi connectivity index (χ0n) is 14.3. The van der Waals surface area contributed by atoms with Crippen LogP contribution in [0.2, 0.25) is 5.02 Å². The van der Waals surface area contributed by atoms with Crippen molar-refractivity contribution in [3.63, 3.8) is 0 Å². The molecule has 0 spiro atoms. The van der Waals surface area contributed by atoms with Crippen LogP contribution in [0.15, 0.2) is 36.7 Å². The number of halogens is 1. The Kier molecular flexibility index (Phi) is 4.29. The third-order valence-electron chi connectivity index (χ3n) is 5.62. The number of hydrogen-bond acceptors (Lipinski definition) is 3. The van der Waals surface area contributed by atoms with E-state index in [0.29, 0.717) is 6.54 Å². The van der Waals surface area contributed by atoms with Gasteiger partial charge in [-0.1, -0.05) is 23.7 Å². The summed E-state index contributed by atoms with van der Waals surface area (Å²) in [5.41, 5.74) is 2.49. The monoisotopic (exact) mass is 358 g/mol. The lowest BCUT2D eigenvalue weighted by Gasteiger charge is -2.21. The first-order valence-electron chi connectivity index (χ1n) is 8.80. The first-order chi connectivity index (χ1) is 12.1. The molecule has 132 valence electrons. The second kappa shape index (κ2) is 6.46. The lowest BCUT2D eigenvalue weighted by atomic mass is 9.89. The lowest BCUT2D eigenvalue weighted by Crippen LogP contribution is -2.38. The van der Waals surface area contributed by atoms with Gasteiger partial charge >= 0.3 is 0 Å². The third kappa shape index (κ3) is 3.31. The molecule has 2 aromatic rings. The number of hydrogen-bond donors (Lipinski definition) is 2. The minimum Gasteiger partial charge on any atom is -0.355 e. The van der Waals surface area contributed by atoms with Gasteiger partial charge in [0.2, 0.25) is 5.91 Å². The maximum Gasteiger partial charge on any atom is 0.225 e. The Hall–Kier alpha value is -1.85. The van der Waals surface area contributed by atoms with Crippen LogP contribution in [0.1, 0.15) is 29.9 Å². The van der Waals surface area contributed by atoms with E-state index in [1.165, 1.54) is 5.56 Å². The van der Waals surface area contributed by atoms with Gasteiger partial charge in [-0.15, -0.1) is 0 Å². The summed E-state index contributed by atoms with van der Waals surface area (Å²) in [6.45, 7) is 2.25. The van der Waals surface area contributed by atoms with Gasteiger partial charge in [-0.2, -0.15) is 5.10 Å². The van der Waals surface area contributed by atoms with E-state index in [1.54, 1.807) is 4.68 Å². The van der Waals surface area contributed by atoms with Gasteiger partial charge in [0.15, 0.2) is 0 Å². The van der Waals surface area contributed by atoms with Crippen molar-refractivity contribution in [2.45, 2.75) is 24.2 Å². The molecule has 0 bridgehead atoms. The summed E-state index contributed by atoms with van der Waals surface area (Å²) in [5.74, 6) is 0.295. The molecule has 1 amide bonds. The van der Waals surface area contributed by atoms with Crippen LogP contribution in [0.5, 0.6) is 0 Å². The zero-order valence-corrected chi connectivity index (χ0v) is 15.1. The van der Waals surface area contributed by atoms with Crippen molar-refractivity contribution < 1.29 is 4.79 Å². The molecule has 2 heterocycles. The molecule has 2 aliphatic rings. The topological polar surface area (TPSA) is 59.0 Å². The molecule has 1 saturated heterocycles. The number of carbonyl (C=O) groups is 1. The molecule has 5 nitrogen and oxygen atoms in total. The quantitative estimate of drug-likeness (QED) is 0.861. The molecule has 0 radical (unpaired) electrons. The highest BCUT2D eigenvalue weighted by Crippen LogP contribution is 2.47. The van der Waals surface area contributed by atoms with Gasteiger partial charge in [0.25, 0.3) is 0 Å². The molecule has 25 heavy (non-hydrogen) atoms. The van der Waals surface area contributed by atoms with Crippen LogP contribution < -0.4 is 10.6 Å². The van der Waals surface area contributed by atoms with Gasteiger partial charge in [-0.05, 0) is 36.1 Å². The van der Waals surface area contributed by atoms with E-state index < -0.39 is 0 Å². The van der Waals surface area contributed by atoms with E-state index in [-0.39, 0.29) is 23.2 Å². The highest BCUT2D eigenvalue weighted by atomic mass is 35.5. The predicted octanol–water partition coefficient (Wildman–Crippen LogP) is 2.22. The SMILES string of the molecule is Cn1cc([C@H]2CNC[C@@H]2C(=O)NCC2(c3ccc(Cl)cc3)CC2)cn1. The number of aromatic nitrogens is 2. The summed E-state index contributed by atoms with van der Waals surface area (Å²) < 4.78 is 1.79. The molecule has 1 aromatic heterocycles. The number of amides is 1. The number of rotatable bonds is 5. The molecule has 2 atom stereocenters. The van der Waals surface area contributed by atoms with Gasteiger partial charge in [-0.25, -0.2) is 0 Å². The van der Waals surface area contributed by atoms with Crippen molar-refractivity contribution >= 4 is 17.5 Å². The first-order valence-corrected chi connectivity index (χ1v) is 9.18. The highest BCUT2D eigenvalue weighted by molar-refractivity contribution is 6.30. The Labute approximate surface area is 152 Å². The Bertz CT molecular complexity index is 766. The second-order valence-electron chi connectivity index (χ2n) is 7.32. The molecule has 1 aliphatic carbocycles. The van der Waals surface area contributed by atoms with Crippen LogP contribution in [0.3, 0.4) is 0 Å². The largest absolute Gasteiger partial charge is 0.355 e. The van der Waals surface area contributed by atoms with Crippen molar-refractivity contribution in [2.75, 3.05) is 19.6 Å². The number of carbonyl (C=O) groups excluding carboxylic acids is 1. The van der Waals surface area contributed by atoms with Gasteiger partial charge < -0.3 is 10.6 Å². The standard InChI is InChI=1S/C19H23ClN4O/c1-24-11-13(8-23-24)16-9-21-10-17(16)18(25)22-12-19(6-7-19)14-2-4-15(20)5-3-14/h2-5,8,11,16-17,21H,6-7,9-10,12H2,1H3,(H,22,25)/t16-,17+/m1/s1. The first kappa shape index (κ1) is 16.6. The maximum absolute atomic E-state index is 12.8. The van der Waals surface area contributed by atoms with Gasteiger partial charge in [0, 0.05) is 49.2 Å². The zero-order chi connectivity index (χ0) is 17.4. The van der Waals surface area contributed by atoms with Gasteiger partial charge in [0.05, 0.1) is 12.1 Å². The van der Waals surface area contributed by atoms with Crippen LogP contribution in [0, 0.1) is 5.92 Å². The fourth-order valence-corrected chi connectivity index (χ4v) is 3.97. The summed E-state index contributed by atoms with van der Waals surface area (Å²) in [7, 11) is 1.91. The minimum atomic E-state index is -0.0368. The Morgan fingerprint density at radius 3 is 2.76 bits per heavy atom. The van der Waals surface area contributed by atoms with E-state index in [2.05, 4.69) is 27.9 Å². The summed E-state index contributed by atoms with van der Waals surface area (Å²) >= 11 is 5.99. The molecule has 6 heteroatoms. The Morgan fingerprint density at radius 1 is 1.36 bits per heavy atom. The average Bonchev–Trinajstić information content (AvgIpc) is 3.03. The third-order valence-corrected chi connectivity index (χ3v) is 5.87. The van der Waals surface area contributed by atoms with Crippen LogP contribution in [-0.2, 0) is 17.3 Å². The molecular weight excluding hydrogens is 336 g/mol. The van der Waals surface area contributed by atoms with Crippen LogP contribution in [0.4, 0.5) is 0 Å². The smallest absolute Gasteiger partial charge is 0.225 e. The van der Waals surface area contributed by atoms with E-state index >= 15 is 0 Å². The van der Waals surface area contributed by atoms with Crippen molar-refractivity contribution in [2.24, 2.45) is 13.0 Å². The molecule has 2 fully saturated rings. The van der Waals surface area contributed by atoms with Crippen molar-refractivity contribution in [1.29, 1.82) is 0 Å². The minimum absolute atomic E-state index is 0.0368. The predicted molar refractivity (Wildman–Crippen MR) is 97.7 cm³/mol. The van der Waals surface area contributed by atoms with E-state index in [4.69, 9.17) is 11.6 Å². The molecule has 0 unspecified atom stereocenters. The van der Waals surface area contributed by atoms with E-state index in [9.17, 15) is 4.79 Å². The molecule has 1 aliphatic heterocycles. The summed E-state index contributed by atoms with van der Waals surface area (Å²) in [6, 6.07) is 8.02. The van der Waals surface area contributed by atoms with Crippen LogP contribution in [0.25, 0.3) is 0 Å². The molecule has 1 aromatic carbocycles. The number of benzene rings is 1. The molecule has 4 rings (SSSR count). The maximum atomic E-state index is 12.8. The van der Waals surface area contributed by atoms with Crippen LogP contribution in [-0.4, -0.2) is 35.3 Å². The van der Waals surface area contributed by atoms with E-state index in [0.717, 1.165) is 36.5 Å². The van der Waals surface area contributed by atoms with Crippen molar-refractivity contribution in [1.82, 2.24) is 20.4 Å². The summed E-state index contributed by atoms with van der Waals surface area (Å²) in [5, 5.41) is 11.6. The van der Waals surface area contributed by atoms with Crippen molar-refractivity contribution in [3.05, 3.63) is 52.8 Å². The lowest BCUT2D eigenvalue weighted by molar-refractivity contribution is -0.124. The van der Waals surface area contributed by atoms with E-state index in [1.807, 2.05) is 31.6 Å². The Morgan fingerprint density at radius 2 is 2.12 bits per heavy atom. The number of nitrogens with one attached hydrogen (secondary N) is 2. The summed E-state index contributed by atoms with van der Waals surface area (Å²) in [4.78, 5) is 12.8. The second-order valence-corrected chi connectivity index (χ2v) is 7.76. The van der Waals surface area contributed by atoms with Gasteiger partial charge in [-0.3, -0.25) is 9.48 Å². The number of aryl methyl sites for hydroxylation is 1. The fourth-order valence-electron chi connectivity index (χ4n) is 3.85.